The standard InChI is InChI=1S/C62H79N3O15S2/c1-42-11-20-50-48(39-42)61(3,4)54(64(50)27-7-9-37-81(69,70)71)23-18-45-15-13-44-14-16-46(19-24-55-62(5,6)49-40-43(2)12-21-51(49)65(55)28-8-10-38-82(72,73)74)59-57(44)58(45)79-52-22-17-47(41-53(52)80-59)60(68)63-26-30-76-32-34-78-36-35-77-33-31-75-29-25-56(66)67/h11-12,17-24,39-41,44H,7-10,13-16,25-38H2,1-6H3,(H3-,63,66,67,68,69,70,71,72,73,74)/p+1. The lowest BCUT2D eigenvalue weighted by Gasteiger charge is -2.33. The number of hydrogen-bond acceptors (Lipinski definition) is 13. The lowest BCUT2D eigenvalue weighted by Crippen LogP contribution is -2.28. The minimum absolute atomic E-state index is 0.0516. The highest BCUT2D eigenvalue weighted by molar-refractivity contribution is 7.86. The van der Waals surface area contributed by atoms with E-state index in [2.05, 4.69) is 117 Å². The van der Waals surface area contributed by atoms with Crippen molar-refractivity contribution in [3.05, 3.63) is 141 Å². The summed E-state index contributed by atoms with van der Waals surface area (Å²) in [6, 6.07) is 18.1. The molecule has 444 valence electrons. The Morgan fingerprint density at radius 3 is 2.01 bits per heavy atom. The van der Waals surface area contributed by atoms with E-state index in [0.29, 0.717) is 113 Å². The number of fused-ring (bicyclic) bond motifs is 3. The predicted octanol–water partition coefficient (Wildman–Crippen LogP) is 9.63. The number of carbonyl (C=O) groups is 2. The molecule has 1 amide bonds. The van der Waals surface area contributed by atoms with Gasteiger partial charge in [0.1, 0.15) is 18.1 Å². The van der Waals surface area contributed by atoms with Crippen molar-refractivity contribution in [3.63, 3.8) is 0 Å². The van der Waals surface area contributed by atoms with Gasteiger partial charge in [0.05, 0.1) is 76.2 Å². The first-order valence-corrected chi connectivity index (χ1v) is 31.7. The fraction of sp³-hybridized carbons (Fsp3) is 0.500. The number of ether oxygens (including phenoxy) is 6. The first-order valence-electron chi connectivity index (χ1n) is 28.4. The normalized spacial score (nSPS) is 19.1. The van der Waals surface area contributed by atoms with Gasteiger partial charge < -0.3 is 43.7 Å². The summed E-state index contributed by atoms with van der Waals surface area (Å²) in [6.45, 7) is 16.7. The van der Waals surface area contributed by atoms with Gasteiger partial charge in [-0.1, -0.05) is 49.2 Å². The van der Waals surface area contributed by atoms with Crippen LogP contribution < -0.4 is 19.7 Å². The number of aryl methyl sites for hydroxylation is 2. The molecule has 82 heavy (non-hydrogen) atoms. The number of allylic oxidation sites excluding steroid dienone is 8. The fourth-order valence-corrected chi connectivity index (χ4v) is 12.7. The second kappa shape index (κ2) is 27.2. The van der Waals surface area contributed by atoms with Gasteiger partial charge in [-0.15, -0.1) is 0 Å². The van der Waals surface area contributed by atoms with E-state index in [0.717, 1.165) is 69.9 Å². The molecule has 3 heterocycles. The Labute approximate surface area is 483 Å². The molecule has 18 nitrogen and oxygen atoms in total. The van der Waals surface area contributed by atoms with Gasteiger partial charge in [-0.05, 0) is 138 Å². The van der Waals surface area contributed by atoms with Crippen LogP contribution in [0.25, 0.3) is 0 Å². The highest BCUT2D eigenvalue weighted by atomic mass is 32.2. The highest BCUT2D eigenvalue weighted by Crippen LogP contribution is 2.52. The molecule has 0 aromatic heterocycles. The molecule has 20 heteroatoms. The lowest BCUT2D eigenvalue weighted by molar-refractivity contribution is -0.438. The van der Waals surface area contributed by atoms with Gasteiger partial charge in [-0.25, -0.2) is 0 Å². The molecule has 3 aromatic carbocycles. The zero-order valence-electron chi connectivity index (χ0n) is 48.1. The van der Waals surface area contributed by atoms with Gasteiger partial charge in [0.2, 0.25) is 5.69 Å². The van der Waals surface area contributed by atoms with E-state index in [1.54, 1.807) is 18.2 Å². The van der Waals surface area contributed by atoms with Crippen LogP contribution in [0.15, 0.2) is 113 Å². The van der Waals surface area contributed by atoms with E-state index in [1.807, 2.05) is 0 Å². The maximum atomic E-state index is 13.8. The molecule has 0 spiro atoms. The molecule has 1 atom stereocenters. The van der Waals surface area contributed by atoms with Crippen LogP contribution in [0.4, 0.5) is 11.4 Å². The SMILES string of the molecule is Cc1ccc2c(c1)C(C)(C)C(/C=C/C1=C3Oc4ccc(C(=O)NCCOCCOCCOCCOCCC(=O)O)cc4OC4=C3C(CC1)CC/C4=C\C=C1\N(CCCCS(=O)(=O)O)c3ccc(C)cc3C1(C)C)=[N+]2CCCCS(=O)(=O)O. The van der Waals surface area contributed by atoms with E-state index in [1.165, 1.54) is 11.1 Å². The van der Waals surface area contributed by atoms with Crippen molar-refractivity contribution in [2.75, 3.05) is 88.9 Å². The summed E-state index contributed by atoms with van der Waals surface area (Å²) in [5, 5.41) is 11.6. The lowest BCUT2D eigenvalue weighted by atomic mass is 9.74. The van der Waals surface area contributed by atoms with Gasteiger partial charge in [0.15, 0.2) is 17.2 Å². The zero-order chi connectivity index (χ0) is 58.8. The molecule has 0 saturated heterocycles. The Morgan fingerprint density at radius 1 is 0.707 bits per heavy atom. The molecule has 5 aliphatic rings. The Bertz CT molecular complexity index is 3300. The highest BCUT2D eigenvalue weighted by Gasteiger charge is 2.45. The first kappa shape index (κ1) is 62.1. The monoisotopic (exact) mass is 1170 g/mol. The zero-order valence-corrected chi connectivity index (χ0v) is 49.7. The van der Waals surface area contributed by atoms with Crippen LogP contribution in [0.3, 0.4) is 0 Å². The largest absolute Gasteiger partial charge is 0.481 e. The number of nitrogens with one attached hydrogen (secondary N) is 1. The second-order valence-corrected chi connectivity index (χ2v) is 25.8. The van der Waals surface area contributed by atoms with Crippen LogP contribution in [-0.4, -0.2) is 137 Å². The number of carbonyl (C=O) groups excluding carboxylic acids is 1. The quantitative estimate of drug-likeness (QED) is 0.0288. The number of hydrogen-bond donors (Lipinski definition) is 4. The Kier molecular flexibility index (Phi) is 20.6. The third kappa shape index (κ3) is 15.6. The fourth-order valence-electron chi connectivity index (χ4n) is 11.5. The maximum absolute atomic E-state index is 13.8. The number of rotatable bonds is 29. The summed E-state index contributed by atoms with van der Waals surface area (Å²) in [6.07, 6.45) is 13.4. The molecule has 8 rings (SSSR count). The number of amides is 1. The van der Waals surface area contributed by atoms with Crippen LogP contribution in [0, 0.1) is 19.8 Å². The summed E-state index contributed by atoms with van der Waals surface area (Å²) in [5.74, 6) is 0.501. The van der Waals surface area contributed by atoms with Gasteiger partial charge in [0, 0.05) is 65.2 Å². The van der Waals surface area contributed by atoms with Crippen molar-refractivity contribution < 1.29 is 73.6 Å². The maximum Gasteiger partial charge on any atom is 0.305 e. The summed E-state index contributed by atoms with van der Waals surface area (Å²) in [4.78, 5) is 26.6. The third-order valence-corrected chi connectivity index (χ3v) is 17.4. The molecule has 2 aliphatic carbocycles. The van der Waals surface area contributed by atoms with E-state index < -0.39 is 37.0 Å². The average molecular weight is 1170 g/mol. The molecular weight excluding hydrogens is 1090 g/mol. The van der Waals surface area contributed by atoms with Crippen LogP contribution in [0.5, 0.6) is 11.5 Å². The third-order valence-electron chi connectivity index (χ3n) is 15.8. The second-order valence-electron chi connectivity index (χ2n) is 22.6. The van der Waals surface area contributed by atoms with Crippen molar-refractivity contribution in [2.24, 2.45) is 5.92 Å². The van der Waals surface area contributed by atoms with Crippen LogP contribution in [0.1, 0.15) is 118 Å². The Balaban J connectivity index is 1.08. The van der Waals surface area contributed by atoms with Crippen molar-refractivity contribution in [3.8, 4) is 11.5 Å². The summed E-state index contributed by atoms with van der Waals surface area (Å²) in [5.41, 5.74) is 11.3. The first-order chi connectivity index (χ1) is 39.0. The number of carboxylic acids is 1. The molecule has 4 N–H and O–H groups in total. The van der Waals surface area contributed by atoms with Crippen LogP contribution >= 0.6 is 0 Å². The van der Waals surface area contributed by atoms with Crippen LogP contribution in [0.2, 0.25) is 0 Å². The number of carboxylic acid groups (broad SMARTS) is 1. The number of benzene rings is 3. The van der Waals surface area contributed by atoms with E-state index >= 15 is 0 Å². The van der Waals surface area contributed by atoms with Crippen molar-refractivity contribution in [2.45, 2.75) is 110 Å². The molecule has 0 bridgehead atoms. The topological polar surface area (TPSA) is 237 Å². The predicted molar refractivity (Wildman–Crippen MR) is 314 cm³/mol. The molecule has 3 aromatic rings. The van der Waals surface area contributed by atoms with E-state index in [9.17, 15) is 35.5 Å². The van der Waals surface area contributed by atoms with E-state index in [4.69, 9.17) is 33.5 Å². The van der Waals surface area contributed by atoms with Gasteiger partial charge in [-0.3, -0.25) is 18.7 Å². The summed E-state index contributed by atoms with van der Waals surface area (Å²) in [7, 11) is -8.20. The molecular formula is C62H80N3O15S2+. The summed E-state index contributed by atoms with van der Waals surface area (Å²) >= 11 is 0. The van der Waals surface area contributed by atoms with Crippen LogP contribution in [-0.2, 0) is 54.8 Å². The Morgan fingerprint density at radius 2 is 1.33 bits per heavy atom. The number of unbranched alkanes of at least 4 members (excludes halogenated alkanes) is 2. The number of nitrogens with zero attached hydrogens (tertiary/aromatic N) is 2. The Hall–Kier alpha value is -5.97. The van der Waals surface area contributed by atoms with Gasteiger partial charge in [-0.2, -0.15) is 21.4 Å². The van der Waals surface area contributed by atoms with Crippen molar-refractivity contribution in [1.29, 1.82) is 0 Å². The average Bonchev–Trinajstić information content (AvgIpc) is 3.47. The van der Waals surface area contributed by atoms with Crippen molar-refractivity contribution >= 4 is 49.2 Å². The minimum Gasteiger partial charge on any atom is -0.481 e. The molecule has 0 radical (unpaired) electrons. The molecule has 1 unspecified atom stereocenters. The number of anilines is 1. The van der Waals surface area contributed by atoms with Crippen molar-refractivity contribution in [1.82, 2.24) is 5.32 Å². The summed E-state index contributed by atoms with van der Waals surface area (Å²) < 4.78 is 104. The molecule has 3 aliphatic heterocycles. The minimum atomic E-state index is -4.11. The molecule has 0 saturated carbocycles. The molecule has 0 fully saturated rings. The van der Waals surface area contributed by atoms with Gasteiger partial charge in [0.25, 0.3) is 26.1 Å². The van der Waals surface area contributed by atoms with Gasteiger partial charge >= 0.3 is 5.97 Å². The number of aliphatic carboxylic acids is 1. The smallest absolute Gasteiger partial charge is 0.305 e. The van der Waals surface area contributed by atoms with E-state index in [-0.39, 0.29) is 49.5 Å².